The number of aromatic carboxylic acids is 1. The number of pyridine rings is 1. The number of carboxylic acids is 1. The first-order valence-corrected chi connectivity index (χ1v) is 28.2. The van der Waals surface area contributed by atoms with E-state index in [0.717, 1.165) is 25.1 Å². The summed E-state index contributed by atoms with van der Waals surface area (Å²) < 4.78 is 60.5. The summed E-state index contributed by atoms with van der Waals surface area (Å²) >= 11 is 0. The third-order valence-corrected chi connectivity index (χ3v) is 17.5. The molecule has 79 heavy (non-hydrogen) atoms. The highest BCUT2D eigenvalue weighted by Crippen LogP contribution is 2.43. The van der Waals surface area contributed by atoms with Gasteiger partial charge in [-0.25, -0.2) is 9.59 Å². The SMILES string of the molecule is CC[C@H]1OC(=O)[C@H](C)[C@@H](O[C@H]2C[C@@](C)(OC)[C@@H](OCCCN(C)CCCc3ccc4c(c3)c(=O)c(C(=O)O)cn4N(C)C)[C@H](C)O2)[C@H](C)[C@@H](O[C@@H]2O[C@H](C)C[C@H](N(C)C)[C@H]2O)[C@](C)(OC)C[C@@H](C)C(=O)C(C)[C@H]2NC(=O)O[C@@]21C. The Morgan fingerprint density at radius 2 is 1.53 bits per heavy atom. The standard InChI is InChI=1S/C58H93N5O16/c1-18-43-58(10)49(59-55(70)79-58)34(4)45(64)32(2)29-56(8,71-16)50(78-54-47(66)42(60(11)12)27-33(3)74-54)35(5)48(36(6)53(69)76-43)77-44-30-57(9,72-17)51(37(7)75-44)73-26-20-25-62(15)24-19-21-38-22-23-41-39(28-38)46(65)40(52(67)68)31-63(41)61(13)14/h22-23,28,31-37,42-44,47-51,54,66H,18-21,24-27,29-30H2,1-17H3,(H,59,70)(H,67,68)/t32-,33-,34?,35+,36-,37+,42+,43-,44+,47-,48+,49-,50-,51+,54+,56-,57-,58-/m1/s1. The normalized spacial score (nSPS) is 36.9. The minimum absolute atomic E-state index is 0.150. The molecule has 446 valence electrons. The third kappa shape index (κ3) is 14.0. The molecule has 0 bridgehead atoms. The lowest BCUT2D eigenvalue weighted by Crippen LogP contribution is -2.61. The van der Waals surface area contributed by atoms with Crippen LogP contribution in [0.3, 0.4) is 0 Å². The fourth-order valence-corrected chi connectivity index (χ4v) is 12.8. The molecule has 4 saturated heterocycles. The number of rotatable bonds is 19. The van der Waals surface area contributed by atoms with E-state index in [2.05, 4.69) is 10.2 Å². The van der Waals surface area contributed by atoms with Crippen LogP contribution in [0.1, 0.15) is 124 Å². The zero-order valence-corrected chi connectivity index (χ0v) is 49.9. The van der Waals surface area contributed by atoms with Gasteiger partial charge in [0.05, 0.1) is 53.1 Å². The van der Waals surface area contributed by atoms with Crippen LogP contribution in [0.5, 0.6) is 0 Å². The molecular formula is C58H93N5O16. The van der Waals surface area contributed by atoms with Crippen LogP contribution >= 0.6 is 0 Å². The van der Waals surface area contributed by atoms with Crippen molar-refractivity contribution in [3.05, 3.63) is 45.7 Å². The summed E-state index contributed by atoms with van der Waals surface area (Å²) in [6.45, 7) is 20.3. The number of ketones is 1. The first-order chi connectivity index (χ1) is 37.0. The maximum absolute atomic E-state index is 14.8. The van der Waals surface area contributed by atoms with Gasteiger partial charge in [-0.1, -0.05) is 33.8 Å². The fraction of sp³-hybridized carbons (Fsp3) is 0.776. The van der Waals surface area contributed by atoms with Crippen LogP contribution in [0.25, 0.3) is 10.9 Å². The summed E-state index contributed by atoms with van der Waals surface area (Å²) in [5, 5.41) is 26.5. The van der Waals surface area contributed by atoms with Crippen molar-refractivity contribution in [3.8, 4) is 0 Å². The molecule has 0 spiro atoms. The highest BCUT2D eigenvalue weighted by molar-refractivity contribution is 5.93. The van der Waals surface area contributed by atoms with E-state index >= 15 is 0 Å². The molecule has 1 unspecified atom stereocenters. The van der Waals surface area contributed by atoms with Crippen molar-refractivity contribution < 1.29 is 72.0 Å². The van der Waals surface area contributed by atoms with Crippen LogP contribution in [0, 0.1) is 23.7 Å². The number of aromatic nitrogens is 1. The van der Waals surface area contributed by atoms with Gasteiger partial charge in [0.2, 0.25) is 5.43 Å². The summed E-state index contributed by atoms with van der Waals surface area (Å²) in [7, 11) is 12.6. The first kappa shape index (κ1) is 63.9. The number of nitrogens with one attached hydrogen (secondary N) is 1. The number of aryl methyl sites for hydroxylation is 1. The Labute approximate surface area is 467 Å². The number of esters is 1. The fourth-order valence-electron chi connectivity index (χ4n) is 12.8. The van der Waals surface area contributed by atoms with Crippen molar-refractivity contribution in [1.29, 1.82) is 0 Å². The number of Topliss-reactive ketones (excluding diaryl/α,β-unsaturated/α-hetero) is 1. The van der Waals surface area contributed by atoms with Gasteiger partial charge < -0.3 is 73.0 Å². The molecule has 1 aromatic heterocycles. The zero-order valence-electron chi connectivity index (χ0n) is 49.9. The van der Waals surface area contributed by atoms with Crippen LogP contribution in [0.2, 0.25) is 0 Å². The van der Waals surface area contributed by atoms with Crippen LogP contribution in [-0.4, -0.2) is 202 Å². The number of alkyl carbamates (subject to hydrolysis) is 1. The molecule has 5 heterocycles. The number of fused-ring (bicyclic) bond motifs is 2. The summed E-state index contributed by atoms with van der Waals surface area (Å²) in [6, 6.07) is 4.50. The van der Waals surface area contributed by atoms with E-state index in [4.69, 9.17) is 42.6 Å². The second-order valence-electron chi connectivity index (χ2n) is 24.0. The second kappa shape index (κ2) is 26.3. The number of hydrogen-bond acceptors (Lipinski definition) is 18. The molecule has 4 fully saturated rings. The van der Waals surface area contributed by atoms with Crippen molar-refractivity contribution >= 4 is 34.7 Å². The molecule has 4 aliphatic heterocycles. The highest BCUT2D eigenvalue weighted by atomic mass is 16.7. The Morgan fingerprint density at radius 3 is 2.15 bits per heavy atom. The largest absolute Gasteiger partial charge is 0.477 e. The van der Waals surface area contributed by atoms with Gasteiger partial charge in [-0.05, 0) is 125 Å². The average Bonchev–Trinajstić information content (AvgIpc) is 3.80. The van der Waals surface area contributed by atoms with Crippen molar-refractivity contribution in [3.63, 3.8) is 0 Å². The number of cyclic esters (lactones) is 1. The minimum atomic E-state index is -1.39. The topological polar surface area (TPSA) is 236 Å². The molecular weight excluding hydrogens is 1020 g/mol. The lowest BCUT2D eigenvalue weighted by Gasteiger charge is -2.50. The molecule has 21 nitrogen and oxygen atoms in total. The number of hydrogen-bond donors (Lipinski definition) is 3. The Kier molecular flexibility index (Phi) is 21.3. The van der Waals surface area contributed by atoms with Gasteiger partial charge in [0.15, 0.2) is 18.2 Å². The molecule has 0 saturated carbocycles. The number of nitrogens with zero attached hydrogens (tertiary/aromatic N) is 4. The minimum Gasteiger partial charge on any atom is -0.477 e. The van der Waals surface area contributed by atoms with Crippen molar-refractivity contribution in [2.45, 2.75) is 198 Å². The number of aliphatic hydroxyl groups is 1. The number of amides is 1. The molecule has 0 aliphatic carbocycles. The van der Waals surface area contributed by atoms with E-state index < -0.39 is 119 Å². The quantitative estimate of drug-likeness (QED) is 0.118. The second-order valence-corrected chi connectivity index (χ2v) is 24.0. The van der Waals surface area contributed by atoms with Crippen molar-refractivity contribution in [2.75, 3.05) is 74.2 Å². The van der Waals surface area contributed by atoms with E-state index in [1.165, 1.54) is 6.20 Å². The van der Waals surface area contributed by atoms with E-state index in [1.54, 1.807) is 64.8 Å². The van der Waals surface area contributed by atoms with E-state index in [-0.39, 0.29) is 42.8 Å². The number of likely N-dealkylation sites (N-methyl/N-ethyl adjacent to an activating group) is 1. The summed E-state index contributed by atoms with van der Waals surface area (Å²) in [5.41, 5.74) is -2.77. The number of methoxy groups -OCH3 is 2. The first-order valence-electron chi connectivity index (χ1n) is 28.2. The molecule has 21 heteroatoms. The summed E-state index contributed by atoms with van der Waals surface area (Å²) in [6.07, 6.45) is -3.34. The summed E-state index contributed by atoms with van der Waals surface area (Å²) in [5.74, 6) is -5.16. The van der Waals surface area contributed by atoms with Gasteiger partial charge in [0.1, 0.15) is 29.7 Å². The molecule has 3 N–H and O–H groups in total. The maximum Gasteiger partial charge on any atom is 0.408 e. The lowest BCUT2D eigenvalue weighted by atomic mass is 9.73. The highest BCUT2D eigenvalue weighted by Gasteiger charge is 2.58. The van der Waals surface area contributed by atoms with Gasteiger partial charge in [-0.3, -0.25) is 19.1 Å². The molecule has 18 atom stereocenters. The molecule has 6 rings (SSSR count). The number of carboxylic acid groups (broad SMARTS) is 1. The van der Waals surface area contributed by atoms with Gasteiger partial charge >= 0.3 is 18.0 Å². The molecule has 2 aromatic rings. The number of carbonyl (C=O) groups excluding carboxylic acids is 3. The molecule has 4 aliphatic rings. The van der Waals surface area contributed by atoms with Crippen LogP contribution < -0.4 is 15.8 Å². The number of benzene rings is 1. The van der Waals surface area contributed by atoms with E-state index in [9.17, 15) is 34.2 Å². The zero-order chi connectivity index (χ0) is 58.6. The Bertz CT molecular complexity index is 2490. The van der Waals surface area contributed by atoms with Gasteiger partial charge in [-0.15, -0.1) is 0 Å². The number of ether oxygens (including phenoxy) is 9. The van der Waals surface area contributed by atoms with E-state index in [0.29, 0.717) is 36.8 Å². The average molecular weight is 1120 g/mol. The van der Waals surface area contributed by atoms with Crippen LogP contribution in [0.15, 0.2) is 29.2 Å². The lowest BCUT2D eigenvalue weighted by molar-refractivity contribution is -0.322. The maximum atomic E-state index is 14.8. The number of carbonyl (C=O) groups is 4. The molecule has 0 radical (unpaired) electrons. The van der Waals surface area contributed by atoms with Crippen LogP contribution in [0.4, 0.5) is 4.79 Å². The monoisotopic (exact) mass is 1120 g/mol. The Balaban J connectivity index is 1.20. The van der Waals surface area contributed by atoms with Crippen molar-refractivity contribution in [2.24, 2.45) is 23.7 Å². The predicted octanol–water partition coefficient (Wildman–Crippen LogP) is 5.38. The molecule has 1 aromatic carbocycles. The number of aliphatic hydroxyl groups excluding tert-OH is 1. The Morgan fingerprint density at radius 1 is 0.873 bits per heavy atom. The van der Waals surface area contributed by atoms with Gasteiger partial charge in [-0.2, -0.15) is 0 Å². The Hall–Kier alpha value is -4.29. The van der Waals surface area contributed by atoms with E-state index in [1.807, 2.05) is 86.6 Å². The molecule has 1 amide bonds. The van der Waals surface area contributed by atoms with Crippen LogP contribution in [-0.2, 0) is 58.6 Å². The van der Waals surface area contributed by atoms with Gasteiger partial charge in [0.25, 0.3) is 0 Å². The van der Waals surface area contributed by atoms with Gasteiger partial charge in [0, 0.05) is 83.3 Å². The predicted molar refractivity (Wildman–Crippen MR) is 296 cm³/mol. The third-order valence-electron chi connectivity index (χ3n) is 17.5. The van der Waals surface area contributed by atoms with Crippen molar-refractivity contribution in [1.82, 2.24) is 19.8 Å². The smallest absolute Gasteiger partial charge is 0.408 e. The summed E-state index contributed by atoms with van der Waals surface area (Å²) in [4.78, 5) is 71.7.